The van der Waals surface area contributed by atoms with E-state index in [1.807, 2.05) is 0 Å². The second kappa shape index (κ2) is 9.33. The molecule has 0 bridgehead atoms. The Morgan fingerprint density at radius 1 is 0.471 bits per heavy atom. The third-order valence-electron chi connectivity index (χ3n) is 6.19. The van der Waals surface area contributed by atoms with Gasteiger partial charge in [-0.15, -0.1) is 0 Å². The van der Waals surface area contributed by atoms with Crippen LogP contribution in [0.5, 0.6) is 0 Å². The van der Waals surface area contributed by atoms with Gasteiger partial charge in [-0.3, -0.25) is 0 Å². The van der Waals surface area contributed by atoms with Gasteiger partial charge in [0.25, 0.3) is 0 Å². The minimum absolute atomic E-state index is 1.11. The van der Waals surface area contributed by atoms with E-state index in [-0.39, 0.29) is 0 Å². The molecule has 0 radical (unpaired) electrons. The summed E-state index contributed by atoms with van der Waals surface area (Å²) >= 11 is 15.7. The number of fused-ring (bicyclic) bond motifs is 2. The van der Waals surface area contributed by atoms with Gasteiger partial charge in [-0.2, -0.15) is 0 Å². The second-order valence-electron chi connectivity index (χ2n) is 9.57. The van der Waals surface area contributed by atoms with Crippen LogP contribution in [0.2, 0.25) is 19.6 Å². The number of hydrogen-bond donors (Lipinski definition) is 0. The molecular formula is C29H22Br4Si. The summed E-state index contributed by atoms with van der Waals surface area (Å²) in [7, 11) is -1.83. The monoisotopic (exact) mass is 714 g/mol. The van der Waals surface area contributed by atoms with Crippen molar-refractivity contribution in [2.24, 2.45) is 0 Å². The Kier molecular flexibility index (Phi) is 6.71. The Morgan fingerprint density at radius 2 is 0.824 bits per heavy atom. The van der Waals surface area contributed by atoms with E-state index >= 15 is 0 Å². The lowest BCUT2D eigenvalue weighted by molar-refractivity contribution is 1.53. The van der Waals surface area contributed by atoms with Gasteiger partial charge in [-0.1, -0.05) is 132 Å². The van der Waals surface area contributed by atoms with Crippen LogP contribution in [0.4, 0.5) is 0 Å². The van der Waals surface area contributed by atoms with Gasteiger partial charge in [0.15, 0.2) is 0 Å². The fourth-order valence-corrected chi connectivity index (χ4v) is 9.82. The van der Waals surface area contributed by atoms with Crippen LogP contribution >= 0.6 is 63.7 Å². The standard InChI is InChI=1S/C29H22Br4Si/c1-34(2,3)29-27(21-12-17-8-4-6-10-19(17)14-23(21)30)25(32)16-26(33)28(29)22-13-18-9-5-7-11-20(18)15-24(22)31/h4-16H,1-3H3. The summed E-state index contributed by atoms with van der Waals surface area (Å²) in [4.78, 5) is 0. The first kappa shape index (κ1) is 24.5. The highest BCUT2D eigenvalue weighted by Crippen LogP contribution is 2.44. The quantitative estimate of drug-likeness (QED) is 0.163. The lowest BCUT2D eigenvalue weighted by Crippen LogP contribution is -2.41. The van der Waals surface area contributed by atoms with Crippen LogP contribution in [0.25, 0.3) is 43.8 Å². The molecule has 0 aliphatic heterocycles. The van der Waals surface area contributed by atoms with E-state index in [9.17, 15) is 0 Å². The van der Waals surface area contributed by atoms with Gasteiger partial charge < -0.3 is 0 Å². The van der Waals surface area contributed by atoms with E-state index < -0.39 is 8.07 Å². The Balaban J connectivity index is 1.91. The van der Waals surface area contributed by atoms with Crippen molar-refractivity contribution in [3.05, 3.63) is 96.8 Å². The van der Waals surface area contributed by atoms with Crippen LogP contribution in [-0.4, -0.2) is 8.07 Å². The molecule has 0 aliphatic rings. The zero-order valence-electron chi connectivity index (χ0n) is 19.0. The van der Waals surface area contributed by atoms with Gasteiger partial charge in [0.1, 0.15) is 0 Å². The largest absolute Gasteiger partial charge is 0.0793 e. The molecule has 5 heteroatoms. The molecule has 0 amide bonds. The topological polar surface area (TPSA) is 0 Å². The molecule has 0 spiro atoms. The normalized spacial score (nSPS) is 12.0. The average molecular weight is 718 g/mol. The van der Waals surface area contributed by atoms with Gasteiger partial charge in [0.2, 0.25) is 0 Å². The third kappa shape index (κ3) is 4.39. The molecule has 0 N–H and O–H groups in total. The maximum absolute atomic E-state index is 3.95. The van der Waals surface area contributed by atoms with E-state index in [4.69, 9.17) is 0 Å². The van der Waals surface area contributed by atoms with E-state index in [0.717, 1.165) is 17.9 Å². The van der Waals surface area contributed by atoms with Gasteiger partial charge in [0.05, 0.1) is 8.07 Å². The predicted molar refractivity (Wildman–Crippen MR) is 166 cm³/mol. The highest BCUT2D eigenvalue weighted by atomic mass is 79.9. The fraction of sp³-hybridized carbons (Fsp3) is 0.103. The molecule has 0 unspecified atom stereocenters. The Hall–Kier alpha value is -1.24. The molecule has 170 valence electrons. The highest BCUT2D eigenvalue weighted by molar-refractivity contribution is 9.11. The lowest BCUT2D eigenvalue weighted by Gasteiger charge is -2.29. The zero-order valence-corrected chi connectivity index (χ0v) is 26.4. The summed E-state index contributed by atoms with van der Waals surface area (Å²) in [6.45, 7) is 7.29. The first-order valence-corrected chi connectivity index (χ1v) is 17.7. The summed E-state index contributed by atoms with van der Waals surface area (Å²) in [5, 5.41) is 6.38. The van der Waals surface area contributed by atoms with Crippen molar-refractivity contribution >= 4 is 98.5 Å². The summed E-state index contributed by atoms with van der Waals surface area (Å²) < 4.78 is 4.43. The minimum Gasteiger partial charge on any atom is -0.0656 e. The molecule has 0 aromatic heterocycles. The Bertz CT molecular complexity index is 1470. The maximum Gasteiger partial charge on any atom is 0.0793 e. The SMILES string of the molecule is C[Si](C)(C)c1c(-c2cc3ccccc3cc2Br)c(Br)cc(Br)c1-c1cc2ccccc2cc1Br. The van der Waals surface area contributed by atoms with Crippen molar-refractivity contribution in [1.29, 1.82) is 0 Å². The van der Waals surface area contributed by atoms with Crippen molar-refractivity contribution in [1.82, 2.24) is 0 Å². The maximum atomic E-state index is 3.95. The van der Waals surface area contributed by atoms with Crippen molar-refractivity contribution < 1.29 is 0 Å². The molecule has 34 heavy (non-hydrogen) atoms. The molecule has 0 aliphatic carbocycles. The predicted octanol–water partition coefficient (Wildman–Crippen LogP) is 10.9. The smallest absolute Gasteiger partial charge is 0.0656 e. The number of halogens is 4. The molecule has 0 atom stereocenters. The molecular weight excluding hydrogens is 696 g/mol. The molecule has 5 aromatic carbocycles. The highest BCUT2D eigenvalue weighted by Gasteiger charge is 2.30. The molecule has 0 nitrogen and oxygen atoms in total. The summed E-state index contributed by atoms with van der Waals surface area (Å²) in [6.07, 6.45) is 0. The van der Waals surface area contributed by atoms with Crippen LogP contribution in [0.3, 0.4) is 0 Å². The Labute approximate surface area is 235 Å². The Morgan fingerprint density at radius 3 is 1.18 bits per heavy atom. The van der Waals surface area contributed by atoms with Gasteiger partial charge in [0, 0.05) is 17.9 Å². The van der Waals surface area contributed by atoms with E-state index in [1.54, 1.807) is 0 Å². The zero-order chi connectivity index (χ0) is 24.2. The van der Waals surface area contributed by atoms with E-state index in [0.29, 0.717) is 0 Å². The summed E-state index contributed by atoms with van der Waals surface area (Å²) in [6, 6.07) is 28.4. The summed E-state index contributed by atoms with van der Waals surface area (Å²) in [5.74, 6) is 0. The molecule has 0 saturated carbocycles. The number of rotatable bonds is 3. The van der Waals surface area contributed by atoms with E-state index in [2.05, 4.69) is 162 Å². The lowest BCUT2D eigenvalue weighted by atomic mass is 9.95. The first-order chi connectivity index (χ1) is 16.1. The molecule has 0 heterocycles. The molecule has 0 fully saturated rings. The average Bonchev–Trinajstić information content (AvgIpc) is 2.77. The first-order valence-electron chi connectivity index (χ1n) is 11.0. The van der Waals surface area contributed by atoms with Crippen molar-refractivity contribution in [2.45, 2.75) is 19.6 Å². The number of hydrogen-bond acceptors (Lipinski definition) is 0. The van der Waals surface area contributed by atoms with Gasteiger partial charge in [-0.05, 0) is 79.3 Å². The molecule has 5 aromatic rings. The van der Waals surface area contributed by atoms with Crippen molar-refractivity contribution in [3.8, 4) is 22.3 Å². The van der Waals surface area contributed by atoms with Crippen LogP contribution < -0.4 is 5.19 Å². The van der Waals surface area contributed by atoms with Crippen LogP contribution in [0.1, 0.15) is 0 Å². The third-order valence-corrected chi connectivity index (χ3v) is 10.8. The number of benzene rings is 5. The van der Waals surface area contributed by atoms with Gasteiger partial charge in [-0.25, -0.2) is 0 Å². The van der Waals surface area contributed by atoms with E-state index in [1.165, 1.54) is 49.0 Å². The molecule has 0 saturated heterocycles. The van der Waals surface area contributed by atoms with Gasteiger partial charge >= 0.3 is 0 Å². The van der Waals surface area contributed by atoms with Crippen LogP contribution in [0, 0.1) is 0 Å². The minimum atomic E-state index is -1.83. The summed E-state index contributed by atoms with van der Waals surface area (Å²) in [5.41, 5.74) is 4.98. The van der Waals surface area contributed by atoms with Crippen molar-refractivity contribution in [3.63, 3.8) is 0 Å². The van der Waals surface area contributed by atoms with Crippen molar-refractivity contribution in [2.75, 3.05) is 0 Å². The van der Waals surface area contributed by atoms with Crippen LogP contribution in [0.15, 0.2) is 96.8 Å². The van der Waals surface area contributed by atoms with Crippen LogP contribution in [-0.2, 0) is 0 Å². The second-order valence-corrected chi connectivity index (χ2v) is 18.0. The fourth-order valence-electron chi connectivity index (χ4n) is 4.70. The molecule has 5 rings (SSSR count).